The predicted molar refractivity (Wildman–Crippen MR) is 120 cm³/mol. The number of nitrogens with zero attached hydrogens (tertiary/aromatic N) is 6. The van der Waals surface area contributed by atoms with Crippen LogP contribution in [0, 0.1) is 5.82 Å². The number of anilines is 1. The van der Waals surface area contributed by atoms with Gasteiger partial charge in [-0.25, -0.2) is 14.2 Å². The first-order valence-electron chi connectivity index (χ1n) is 11.6. The zero-order chi connectivity index (χ0) is 25.3. The van der Waals surface area contributed by atoms with Crippen molar-refractivity contribution in [2.75, 3.05) is 31.6 Å². The van der Waals surface area contributed by atoms with E-state index in [0.29, 0.717) is 32.7 Å². The number of alkyl halides is 3. The molecule has 1 saturated heterocycles. The van der Waals surface area contributed by atoms with Gasteiger partial charge < -0.3 is 20.3 Å². The molecule has 2 fully saturated rings. The van der Waals surface area contributed by atoms with Crippen LogP contribution in [0.5, 0.6) is 0 Å². The van der Waals surface area contributed by atoms with E-state index in [1.807, 2.05) is 0 Å². The van der Waals surface area contributed by atoms with Crippen molar-refractivity contribution < 1.29 is 27.1 Å². The first-order chi connectivity index (χ1) is 17.3. The van der Waals surface area contributed by atoms with Crippen LogP contribution < -0.4 is 10.6 Å². The second-order valence-corrected chi connectivity index (χ2v) is 8.80. The normalized spacial score (nSPS) is 20.9. The quantitative estimate of drug-likeness (QED) is 0.521. The number of aromatic nitrogens is 5. The van der Waals surface area contributed by atoms with Crippen molar-refractivity contribution in [2.24, 2.45) is 0 Å². The van der Waals surface area contributed by atoms with Crippen LogP contribution >= 0.6 is 0 Å². The van der Waals surface area contributed by atoms with E-state index < -0.39 is 17.6 Å². The Morgan fingerprint density at radius 3 is 2.64 bits per heavy atom. The van der Waals surface area contributed by atoms with E-state index in [4.69, 9.17) is 4.74 Å². The van der Waals surface area contributed by atoms with Gasteiger partial charge in [-0.15, -0.1) is 0 Å². The molecule has 0 bridgehead atoms. The smallest absolute Gasteiger partial charge is 0.378 e. The number of carbonyl (C=O) groups excluding carboxylic acids is 1. The SMILES string of the molecule is O=C(N[C@@H]1CCC[C@H](Nc2nc(-n3ncc4ncc(C(F)(F)F)cc43)ncc2F)C1)N1CCOCC1. The van der Waals surface area contributed by atoms with Gasteiger partial charge in [0.05, 0.1) is 36.7 Å². The molecule has 3 aromatic rings. The highest BCUT2D eigenvalue weighted by molar-refractivity contribution is 5.76. The number of rotatable bonds is 4. The van der Waals surface area contributed by atoms with Crippen LogP contribution in [0.15, 0.2) is 24.7 Å². The lowest BCUT2D eigenvalue weighted by molar-refractivity contribution is -0.137. The fourth-order valence-electron chi connectivity index (χ4n) is 4.46. The molecule has 1 aliphatic carbocycles. The maximum Gasteiger partial charge on any atom is 0.417 e. The van der Waals surface area contributed by atoms with E-state index >= 15 is 0 Å². The number of morpholine rings is 1. The maximum atomic E-state index is 14.6. The minimum Gasteiger partial charge on any atom is -0.378 e. The number of urea groups is 1. The lowest BCUT2D eigenvalue weighted by Crippen LogP contribution is -2.51. The summed E-state index contributed by atoms with van der Waals surface area (Å²) in [5.41, 5.74) is -0.674. The number of ether oxygens (including phenoxy) is 1. The van der Waals surface area contributed by atoms with E-state index in [1.54, 1.807) is 4.90 Å². The summed E-state index contributed by atoms with van der Waals surface area (Å²) >= 11 is 0. The van der Waals surface area contributed by atoms with Crippen molar-refractivity contribution in [1.29, 1.82) is 0 Å². The minimum absolute atomic E-state index is 0.0472. The average Bonchev–Trinajstić information content (AvgIpc) is 3.29. The number of carbonyl (C=O) groups is 1. The molecule has 0 unspecified atom stereocenters. The van der Waals surface area contributed by atoms with E-state index in [1.165, 1.54) is 6.20 Å². The molecule has 4 heterocycles. The summed E-state index contributed by atoms with van der Waals surface area (Å²) in [5, 5.41) is 10.2. The molecule has 2 N–H and O–H groups in total. The molecule has 2 aliphatic rings. The number of pyridine rings is 1. The van der Waals surface area contributed by atoms with Gasteiger partial charge in [0, 0.05) is 31.4 Å². The van der Waals surface area contributed by atoms with Crippen molar-refractivity contribution in [3.8, 4) is 5.95 Å². The molecule has 14 heteroatoms. The third kappa shape index (κ3) is 5.17. The van der Waals surface area contributed by atoms with Gasteiger partial charge in [-0.3, -0.25) is 4.98 Å². The molecular weight excluding hydrogens is 484 g/mol. The highest BCUT2D eigenvalue weighted by atomic mass is 19.4. The van der Waals surface area contributed by atoms with Gasteiger partial charge in [-0.1, -0.05) is 0 Å². The molecule has 0 radical (unpaired) electrons. The standard InChI is InChI=1S/C22H24F4N8O2/c23-16-11-28-20(34-18-8-13(22(24,25)26)10-27-17(18)12-29-34)32-19(16)30-14-2-1-3-15(9-14)31-21(35)33-4-6-36-7-5-33/h8,10-12,14-15H,1-7,9H2,(H,31,35)(H,28,30,32)/t14-,15+/m0/s1. The van der Waals surface area contributed by atoms with Crippen LogP contribution in [0.2, 0.25) is 0 Å². The summed E-state index contributed by atoms with van der Waals surface area (Å²) in [4.78, 5) is 26.1. The number of nitrogens with one attached hydrogen (secondary N) is 2. The van der Waals surface area contributed by atoms with Gasteiger partial charge in [0.1, 0.15) is 5.52 Å². The van der Waals surface area contributed by atoms with Gasteiger partial charge in [0.15, 0.2) is 11.6 Å². The zero-order valence-electron chi connectivity index (χ0n) is 19.1. The summed E-state index contributed by atoms with van der Waals surface area (Å²) in [5.74, 6) is -0.888. The van der Waals surface area contributed by atoms with Crippen LogP contribution in [0.4, 0.5) is 28.2 Å². The highest BCUT2D eigenvalue weighted by Crippen LogP contribution is 2.31. The maximum absolute atomic E-state index is 14.6. The molecule has 0 spiro atoms. The predicted octanol–water partition coefficient (Wildman–Crippen LogP) is 3.13. The Morgan fingerprint density at radius 2 is 1.86 bits per heavy atom. The summed E-state index contributed by atoms with van der Waals surface area (Å²) in [6.45, 7) is 2.10. The van der Waals surface area contributed by atoms with Crippen molar-refractivity contribution in [2.45, 2.75) is 43.9 Å². The second kappa shape index (κ2) is 9.84. The van der Waals surface area contributed by atoms with Crippen molar-refractivity contribution >= 4 is 22.9 Å². The largest absolute Gasteiger partial charge is 0.417 e. The second-order valence-electron chi connectivity index (χ2n) is 8.80. The third-order valence-corrected chi connectivity index (χ3v) is 6.31. The molecule has 0 aromatic carbocycles. The van der Waals surface area contributed by atoms with Crippen LogP contribution in [0.25, 0.3) is 17.0 Å². The molecule has 3 aromatic heterocycles. The van der Waals surface area contributed by atoms with Gasteiger partial charge in [-0.05, 0) is 31.7 Å². The van der Waals surface area contributed by atoms with E-state index in [9.17, 15) is 22.4 Å². The van der Waals surface area contributed by atoms with Crippen LogP contribution in [-0.4, -0.2) is 74.1 Å². The summed E-state index contributed by atoms with van der Waals surface area (Å²) in [6, 6.07) is 0.506. The lowest BCUT2D eigenvalue weighted by atomic mass is 9.91. The lowest BCUT2D eigenvalue weighted by Gasteiger charge is -2.33. The van der Waals surface area contributed by atoms with Crippen molar-refractivity contribution in [1.82, 2.24) is 34.9 Å². The fraction of sp³-hybridized carbons (Fsp3) is 0.500. The van der Waals surface area contributed by atoms with E-state index in [-0.39, 0.29) is 40.9 Å². The Bertz CT molecular complexity index is 1240. The molecule has 5 rings (SSSR count). The van der Waals surface area contributed by atoms with Gasteiger partial charge in [0.25, 0.3) is 5.95 Å². The van der Waals surface area contributed by atoms with E-state index in [2.05, 4.69) is 30.7 Å². The Labute approximate surface area is 203 Å². The molecule has 1 aliphatic heterocycles. The topological polar surface area (TPSA) is 110 Å². The summed E-state index contributed by atoms with van der Waals surface area (Å²) < 4.78 is 60.4. The van der Waals surface area contributed by atoms with Gasteiger partial charge >= 0.3 is 12.2 Å². The van der Waals surface area contributed by atoms with Gasteiger partial charge in [0.2, 0.25) is 0 Å². The number of amides is 2. The van der Waals surface area contributed by atoms with E-state index in [0.717, 1.165) is 42.4 Å². The number of halogens is 4. The number of fused-ring (bicyclic) bond motifs is 1. The fourth-order valence-corrected chi connectivity index (χ4v) is 4.46. The minimum atomic E-state index is -4.58. The van der Waals surface area contributed by atoms with Crippen LogP contribution in [-0.2, 0) is 10.9 Å². The molecule has 2 atom stereocenters. The zero-order valence-corrected chi connectivity index (χ0v) is 19.1. The monoisotopic (exact) mass is 508 g/mol. The third-order valence-electron chi connectivity index (χ3n) is 6.31. The Hall–Kier alpha value is -3.55. The first-order valence-corrected chi connectivity index (χ1v) is 11.6. The van der Waals surface area contributed by atoms with Gasteiger partial charge in [-0.2, -0.15) is 27.9 Å². The summed E-state index contributed by atoms with van der Waals surface area (Å²) in [7, 11) is 0. The number of hydrogen-bond donors (Lipinski definition) is 2. The molecular formula is C22H24F4N8O2. The first kappa shape index (κ1) is 24.2. The van der Waals surface area contributed by atoms with Crippen LogP contribution in [0.1, 0.15) is 31.2 Å². The van der Waals surface area contributed by atoms with Crippen molar-refractivity contribution in [3.63, 3.8) is 0 Å². The van der Waals surface area contributed by atoms with Crippen LogP contribution in [0.3, 0.4) is 0 Å². The Morgan fingerprint density at radius 1 is 1.08 bits per heavy atom. The highest BCUT2D eigenvalue weighted by Gasteiger charge is 2.32. The Balaban J connectivity index is 1.31. The molecule has 1 saturated carbocycles. The molecule has 192 valence electrons. The Kier molecular flexibility index (Phi) is 6.60. The molecule has 36 heavy (non-hydrogen) atoms. The van der Waals surface area contributed by atoms with Crippen molar-refractivity contribution in [3.05, 3.63) is 36.0 Å². The average molecular weight is 508 g/mol. The summed E-state index contributed by atoms with van der Waals surface area (Å²) in [6.07, 6.45) is 1.31. The molecule has 10 nitrogen and oxygen atoms in total. The number of hydrogen-bond acceptors (Lipinski definition) is 7. The molecule has 2 amide bonds.